The van der Waals surface area contributed by atoms with Crippen LogP contribution in [-0.4, -0.2) is 5.11 Å². The van der Waals surface area contributed by atoms with Crippen LogP contribution in [0.4, 0.5) is 0 Å². The third-order valence-corrected chi connectivity index (χ3v) is 3.82. The van der Waals surface area contributed by atoms with Gasteiger partial charge >= 0.3 is 0 Å². The predicted octanol–water partition coefficient (Wildman–Crippen LogP) is 5.65. The van der Waals surface area contributed by atoms with Crippen LogP contribution in [0.15, 0.2) is 42.5 Å². The van der Waals surface area contributed by atoms with Gasteiger partial charge in [-0.25, -0.2) is 0 Å². The van der Waals surface area contributed by atoms with Crippen LogP contribution >= 0.6 is 0 Å². The van der Waals surface area contributed by atoms with E-state index < -0.39 is 0 Å². The van der Waals surface area contributed by atoms with Crippen molar-refractivity contribution in [2.24, 2.45) is 0 Å². The molecule has 1 nitrogen and oxygen atoms in total. The lowest BCUT2D eigenvalue weighted by Gasteiger charge is -2.31. The third-order valence-electron chi connectivity index (χ3n) is 3.82. The Morgan fingerprint density at radius 1 is 0.714 bits per heavy atom. The molecule has 0 saturated heterocycles. The van der Waals surface area contributed by atoms with E-state index in [9.17, 15) is 5.11 Å². The van der Waals surface area contributed by atoms with Crippen LogP contribution in [0.1, 0.15) is 52.7 Å². The molecular weight excluding hydrogens is 256 g/mol. The van der Waals surface area contributed by atoms with Crippen LogP contribution in [-0.2, 0) is 10.8 Å². The zero-order chi connectivity index (χ0) is 15.8. The quantitative estimate of drug-likeness (QED) is 0.716. The lowest BCUT2D eigenvalue weighted by molar-refractivity contribution is 0.437. The Hall–Kier alpha value is -1.76. The molecule has 2 rings (SSSR count). The highest BCUT2D eigenvalue weighted by Gasteiger charge is 2.29. The first-order valence-electron chi connectivity index (χ1n) is 7.54. The zero-order valence-corrected chi connectivity index (χ0v) is 14.0. The Labute approximate surface area is 128 Å². The summed E-state index contributed by atoms with van der Waals surface area (Å²) in [7, 11) is 0. The SMILES string of the molecule is CC(C)(C)c1ccc(-c2ccccc2)c(O)c1C(C)(C)C. The summed E-state index contributed by atoms with van der Waals surface area (Å²) in [5.74, 6) is 0.418. The van der Waals surface area contributed by atoms with Crippen LogP contribution in [0.3, 0.4) is 0 Å². The van der Waals surface area contributed by atoms with Crippen molar-refractivity contribution in [3.05, 3.63) is 53.6 Å². The highest BCUT2D eigenvalue weighted by molar-refractivity contribution is 5.73. The van der Waals surface area contributed by atoms with E-state index in [2.05, 4.69) is 47.6 Å². The summed E-state index contributed by atoms with van der Waals surface area (Å²) in [4.78, 5) is 0. The van der Waals surface area contributed by atoms with Crippen molar-refractivity contribution in [2.45, 2.75) is 52.4 Å². The van der Waals surface area contributed by atoms with Gasteiger partial charge in [-0.2, -0.15) is 0 Å². The molecule has 0 aliphatic carbocycles. The summed E-state index contributed by atoms with van der Waals surface area (Å²) in [5.41, 5.74) is 4.14. The van der Waals surface area contributed by atoms with Gasteiger partial charge in [-0.1, -0.05) is 84.0 Å². The molecule has 0 fully saturated rings. The van der Waals surface area contributed by atoms with Gasteiger partial charge in [0.25, 0.3) is 0 Å². The van der Waals surface area contributed by atoms with Crippen molar-refractivity contribution in [2.75, 3.05) is 0 Å². The van der Waals surface area contributed by atoms with Crippen LogP contribution < -0.4 is 0 Å². The highest BCUT2D eigenvalue weighted by Crippen LogP contribution is 2.44. The van der Waals surface area contributed by atoms with Gasteiger partial charge in [0.1, 0.15) is 5.75 Å². The van der Waals surface area contributed by atoms with Crippen LogP contribution in [0.5, 0.6) is 5.75 Å². The average molecular weight is 282 g/mol. The molecular formula is C20H26O. The van der Waals surface area contributed by atoms with Gasteiger partial charge < -0.3 is 5.11 Å². The van der Waals surface area contributed by atoms with E-state index in [0.29, 0.717) is 5.75 Å². The molecule has 0 saturated carbocycles. The Morgan fingerprint density at radius 2 is 1.29 bits per heavy atom. The van der Waals surface area contributed by atoms with E-state index >= 15 is 0 Å². The van der Waals surface area contributed by atoms with Crippen molar-refractivity contribution < 1.29 is 5.11 Å². The Morgan fingerprint density at radius 3 is 1.76 bits per heavy atom. The number of rotatable bonds is 1. The highest BCUT2D eigenvalue weighted by atomic mass is 16.3. The van der Waals surface area contributed by atoms with E-state index in [1.54, 1.807) is 0 Å². The van der Waals surface area contributed by atoms with E-state index in [0.717, 1.165) is 16.7 Å². The molecule has 2 aromatic rings. The summed E-state index contributed by atoms with van der Waals surface area (Å²) in [6, 6.07) is 14.3. The Kier molecular flexibility index (Phi) is 3.88. The molecule has 21 heavy (non-hydrogen) atoms. The third kappa shape index (κ3) is 3.12. The molecule has 2 aromatic carbocycles. The minimum Gasteiger partial charge on any atom is -0.507 e. The topological polar surface area (TPSA) is 20.2 Å². The Balaban J connectivity index is 2.75. The molecule has 0 aliphatic rings. The molecule has 1 N–H and O–H groups in total. The van der Waals surface area contributed by atoms with Gasteiger partial charge in [0.05, 0.1) is 0 Å². The molecule has 0 amide bonds. The number of phenolic OH excluding ortho intramolecular Hbond substituents is 1. The maximum absolute atomic E-state index is 10.9. The number of aromatic hydroxyl groups is 1. The zero-order valence-electron chi connectivity index (χ0n) is 14.0. The molecule has 0 atom stereocenters. The molecule has 0 heterocycles. The second-order valence-electron chi connectivity index (χ2n) is 7.75. The monoisotopic (exact) mass is 282 g/mol. The summed E-state index contributed by atoms with van der Waals surface area (Å²) < 4.78 is 0. The molecule has 0 spiro atoms. The van der Waals surface area contributed by atoms with Gasteiger partial charge in [0.15, 0.2) is 0 Å². The van der Waals surface area contributed by atoms with E-state index in [1.165, 1.54) is 5.56 Å². The van der Waals surface area contributed by atoms with E-state index in [4.69, 9.17) is 0 Å². The van der Waals surface area contributed by atoms with Gasteiger partial charge in [0.2, 0.25) is 0 Å². The second kappa shape index (κ2) is 5.22. The predicted molar refractivity (Wildman–Crippen MR) is 90.9 cm³/mol. The maximum Gasteiger partial charge on any atom is 0.127 e. The first-order valence-corrected chi connectivity index (χ1v) is 7.54. The number of benzene rings is 2. The minimum absolute atomic E-state index is 0.00924. The van der Waals surface area contributed by atoms with Crippen LogP contribution in [0.2, 0.25) is 0 Å². The number of hydrogen-bond donors (Lipinski definition) is 1. The molecule has 0 aromatic heterocycles. The molecule has 1 heteroatoms. The van der Waals surface area contributed by atoms with Crippen molar-refractivity contribution in [1.29, 1.82) is 0 Å². The van der Waals surface area contributed by atoms with Crippen molar-refractivity contribution >= 4 is 0 Å². The summed E-state index contributed by atoms with van der Waals surface area (Å²) in [6.07, 6.45) is 0. The van der Waals surface area contributed by atoms with Crippen molar-refractivity contribution in [3.8, 4) is 16.9 Å². The summed E-state index contributed by atoms with van der Waals surface area (Å²) >= 11 is 0. The average Bonchev–Trinajstić information content (AvgIpc) is 2.36. The van der Waals surface area contributed by atoms with Gasteiger partial charge in [0, 0.05) is 11.1 Å². The largest absolute Gasteiger partial charge is 0.507 e. The number of phenols is 1. The smallest absolute Gasteiger partial charge is 0.127 e. The van der Waals surface area contributed by atoms with Gasteiger partial charge in [-0.15, -0.1) is 0 Å². The Bertz CT molecular complexity index is 625. The molecule has 0 radical (unpaired) electrons. The molecule has 112 valence electrons. The van der Waals surface area contributed by atoms with Crippen molar-refractivity contribution in [1.82, 2.24) is 0 Å². The van der Waals surface area contributed by atoms with Gasteiger partial charge in [-0.3, -0.25) is 0 Å². The summed E-state index contributed by atoms with van der Waals surface area (Å²) in [6.45, 7) is 13.1. The maximum atomic E-state index is 10.9. The lowest BCUT2D eigenvalue weighted by Crippen LogP contribution is -2.22. The van der Waals surface area contributed by atoms with Gasteiger partial charge in [-0.05, 0) is 22.0 Å². The molecule has 0 bridgehead atoms. The first kappa shape index (κ1) is 15.6. The minimum atomic E-state index is -0.0997. The van der Waals surface area contributed by atoms with E-state index in [-0.39, 0.29) is 10.8 Å². The van der Waals surface area contributed by atoms with Crippen molar-refractivity contribution in [3.63, 3.8) is 0 Å². The summed E-state index contributed by atoms with van der Waals surface area (Å²) in [5, 5.41) is 10.9. The van der Waals surface area contributed by atoms with Crippen LogP contribution in [0.25, 0.3) is 11.1 Å². The molecule has 0 aliphatic heterocycles. The first-order chi connectivity index (χ1) is 9.62. The fraction of sp³-hybridized carbons (Fsp3) is 0.400. The fourth-order valence-corrected chi connectivity index (χ4v) is 2.83. The lowest BCUT2D eigenvalue weighted by atomic mass is 9.73. The van der Waals surface area contributed by atoms with Crippen LogP contribution in [0, 0.1) is 0 Å². The normalized spacial score (nSPS) is 12.5. The fourth-order valence-electron chi connectivity index (χ4n) is 2.83. The standard InChI is InChI=1S/C20H26O/c1-19(2,3)16-13-12-15(14-10-8-7-9-11-14)18(21)17(16)20(4,5)6/h7-13,21H,1-6H3. The number of hydrogen-bond acceptors (Lipinski definition) is 1. The van der Waals surface area contributed by atoms with E-state index in [1.807, 2.05) is 36.4 Å². The molecule has 0 unspecified atom stereocenters. The second-order valence-corrected chi connectivity index (χ2v) is 7.75.